The predicted octanol–water partition coefficient (Wildman–Crippen LogP) is 3.21. The minimum atomic E-state index is -0.401. The van der Waals surface area contributed by atoms with E-state index in [2.05, 4.69) is 15.3 Å². The van der Waals surface area contributed by atoms with Crippen LogP contribution in [-0.4, -0.2) is 14.9 Å². The molecule has 0 saturated carbocycles. The van der Waals surface area contributed by atoms with Crippen LogP contribution in [0.1, 0.15) is 5.56 Å². The first-order chi connectivity index (χ1) is 9.72. The van der Waals surface area contributed by atoms with Crippen LogP contribution in [0, 0.1) is 10.1 Å². The largest absolute Gasteiger partial charge is 0.357 e. The number of rotatable bonds is 4. The first-order valence-electron chi connectivity index (χ1n) is 5.90. The van der Waals surface area contributed by atoms with Gasteiger partial charge in [0.2, 0.25) is 0 Å². The van der Waals surface area contributed by atoms with Crippen LogP contribution in [0.3, 0.4) is 0 Å². The number of hydrogen-bond donors (Lipinski definition) is 1. The van der Waals surface area contributed by atoms with Crippen LogP contribution in [0.5, 0.6) is 0 Å². The van der Waals surface area contributed by atoms with Gasteiger partial charge in [-0.05, 0) is 17.7 Å². The zero-order chi connectivity index (χ0) is 13.9. The minimum Gasteiger partial charge on any atom is -0.357 e. The third-order valence-electron chi connectivity index (χ3n) is 2.75. The van der Waals surface area contributed by atoms with E-state index in [9.17, 15) is 10.1 Å². The molecule has 0 spiro atoms. The molecule has 0 saturated heterocycles. The Bertz CT molecular complexity index is 757. The van der Waals surface area contributed by atoms with E-state index < -0.39 is 4.92 Å². The minimum absolute atomic E-state index is 0.0833. The van der Waals surface area contributed by atoms with Gasteiger partial charge in [0.15, 0.2) is 5.13 Å². The number of benzene rings is 1. The maximum atomic E-state index is 10.7. The molecule has 100 valence electrons. The van der Waals surface area contributed by atoms with Crippen LogP contribution in [-0.2, 0) is 6.54 Å². The summed E-state index contributed by atoms with van der Waals surface area (Å²) in [5.74, 6) is 0. The number of fused-ring (bicyclic) bond motifs is 1. The molecule has 0 fully saturated rings. The molecular weight excluding hydrogens is 276 g/mol. The Morgan fingerprint density at radius 3 is 3.00 bits per heavy atom. The molecule has 2 heterocycles. The average Bonchev–Trinajstić information content (AvgIpc) is 2.88. The SMILES string of the molecule is O=[N+]([O-])c1ccc2nc(NCc3cccnc3)sc2c1. The van der Waals surface area contributed by atoms with E-state index in [0.29, 0.717) is 6.54 Å². The summed E-state index contributed by atoms with van der Waals surface area (Å²) >= 11 is 1.40. The quantitative estimate of drug-likeness (QED) is 0.588. The summed E-state index contributed by atoms with van der Waals surface area (Å²) in [5, 5.41) is 14.7. The predicted molar refractivity (Wildman–Crippen MR) is 77.8 cm³/mol. The molecule has 2 aromatic heterocycles. The topological polar surface area (TPSA) is 81.0 Å². The van der Waals surface area contributed by atoms with Crippen LogP contribution >= 0.6 is 11.3 Å². The smallest absolute Gasteiger partial charge is 0.270 e. The zero-order valence-corrected chi connectivity index (χ0v) is 11.1. The first-order valence-corrected chi connectivity index (χ1v) is 6.72. The van der Waals surface area contributed by atoms with E-state index in [1.807, 2.05) is 12.1 Å². The Hall–Kier alpha value is -2.54. The average molecular weight is 286 g/mol. The number of aromatic nitrogens is 2. The van der Waals surface area contributed by atoms with Crippen molar-refractivity contribution in [3.63, 3.8) is 0 Å². The fourth-order valence-electron chi connectivity index (χ4n) is 1.78. The Labute approximate surface area is 118 Å². The third-order valence-corrected chi connectivity index (χ3v) is 3.73. The van der Waals surface area contributed by atoms with Gasteiger partial charge in [0.1, 0.15) is 0 Å². The van der Waals surface area contributed by atoms with Crippen LogP contribution in [0.2, 0.25) is 0 Å². The van der Waals surface area contributed by atoms with Gasteiger partial charge in [0, 0.05) is 31.1 Å². The highest BCUT2D eigenvalue weighted by atomic mass is 32.1. The normalized spacial score (nSPS) is 10.6. The van der Waals surface area contributed by atoms with Gasteiger partial charge in [-0.2, -0.15) is 0 Å². The summed E-state index contributed by atoms with van der Waals surface area (Å²) in [6, 6.07) is 8.52. The maximum absolute atomic E-state index is 10.7. The molecule has 0 radical (unpaired) electrons. The highest BCUT2D eigenvalue weighted by Gasteiger charge is 2.10. The third kappa shape index (κ3) is 2.57. The van der Waals surface area contributed by atoms with Gasteiger partial charge in [0.05, 0.1) is 15.1 Å². The van der Waals surface area contributed by atoms with Gasteiger partial charge in [0.25, 0.3) is 5.69 Å². The van der Waals surface area contributed by atoms with E-state index in [-0.39, 0.29) is 5.69 Å². The van der Waals surface area contributed by atoms with Gasteiger partial charge in [-0.1, -0.05) is 17.4 Å². The van der Waals surface area contributed by atoms with Crippen molar-refractivity contribution >= 4 is 32.4 Å². The first kappa shape index (κ1) is 12.5. The van der Waals surface area contributed by atoms with Gasteiger partial charge in [-0.25, -0.2) is 4.98 Å². The van der Waals surface area contributed by atoms with Crippen molar-refractivity contribution in [3.05, 3.63) is 58.4 Å². The van der Waals surface area contributed by atoms with Crippen molar-refractivity contribution in [2.24, 2.45) is 0 Å². The van der Waals surface area contributed by atoms with E-state index in [1.165, 1.54) is 17.4 Å². The molecule has 1 N–H and O–H groups in total. The molecule has 0 atom stereocenters. The molecule has 0 aliphatic rings. The number of hydrogen-bond acceptors (Lipinski definition) is 6. The summed E-state index contributed by atoms with van der Waals surface area (Å²) in [6.45, 7) is 0.621. The van der Waals surface area contributed by atoms with E-state index in [1.54, 1.807) is 24.5 Å². The molecule has 6 nitrogen and oxygen atoms in total. The molecule has 0 unspecified atom stereocenters. The molecule has 3 rings (SSSR count). The van der Waals surface area contributed by atoms with Gasteiger partial charge in [-0.3, -0.25) is 15.1 Å². The summed E-state index contributed by atoms with van der Waals surface area (Å²) in [6.07, 6.45) is 3.51. The van der Waals surface area contributed by atoms with Crippen molar-refractivity contribution in [3.8, 4) is 0 Å². The number of thiazole rings is 1. The number of pyridine rings is 1. The van der Waals surface area contributed by atoms with Crippen molar-refractivity contribution in [2.75, 3.05) is 5.32 Å². The molecule has 0 aliphatic carbocycles. The van der Waals surface area contributed by atoms with Gasteiger partial charge in [-0.15, -0.1) is 0 Å². The number of nitrogens with one attached hydrogen (secondary N) is 1. The lowest BCUT2D eigenvalue weighted by Gasteiger charge is -2.00. The summed E-state index contributed by atoms with van der Waals surface area (Å²) in [5.41, 5.74) is 1.90. The lowest BCUT2D eigenvalue weighted by molar-refractivity contribution is -0.384. The number of nitro benzene ring substituents is 1. The Kier molecular flexibility index (Phi) is 3.26. The second kappa shape index (κ2) is 5.22. The van der Waals surface area contributed by atoms with E-state index in [4.69, 9.17) is 0 Å². The van der Waals surface area contributed by atoms with Crippen molar-refractivity contribution in [1.29, 1.82) is 0 Å². The van der Waals surface area contributed by atoms with Crippen LogP contribution in [0.25, 0.3) is 10.2 Å². The second-order valence-electron chi connectivity index (χ2n) is 4.14. The highest BCUT2D eigenvalue weighted by Crippen LogP contribution is 2.29. The van der Waals surface area contributed by atoms with E-state index in [0.717, 1.165) is 20.9 Å². The fraction of sp³-hybridized carbons (Fsp3) is 0.0769. The van der Waals surface area contributed by atoms with E-state index >= 15 is 0 Å². The van der Waals surface area contributed by atoms with Crippen LogP contribution < -0.4 is 5.32 Å². The van der Waals surface area contributed by atoms with Crippen molar-refractivity contribution in [1.82, 2.24) is 9.97 Å². The summed E-state index contributed by atoms with van der Waals surface area (Å²) in [4.78, 5) is 18.8. The van der Waals surface area contributed by atoms with Crippen molar-refractivity contribution in [2.45, 2.75) is 6.54 Å². The second-order valence-corrected chi connectivity index (χ2v) is 5.17. The Balaban J connectivity index is 1.80. The molecule has 0 amide bonds. The fourth-order valence-corrected chi connectivity index (χ4v) is 2.68. The Morgan fingerprint density at radius 2 is 2.25 bits per heavy atom. The number of non-ortho nitro benzene ring substituents is 1. The molecule has 0 aliphatic heterocycles. The lowest BCUT2D eigenvalue weighted by Crippen LogP contribution is -1.98. The molecule has 7 heteroatoms. The molecular formula is C13H10N4O2S. The Morgan fingerprint density at radius 1 is 1.35 bits per heavy atom. The van der Waals surface area contributed by atoms with Gasteiger partial charge >= 0.3 is 0 Å². The lowest BCUT2D eigenvalue weighted by atomic mass is 10.3. The maximum Gasteiger partial charge on any atom is 0.270 e. The molecule has 1 aromatic carbocycles. The van der Waals surface area contributed by atoms with Gasteiger partial charge < -0.3 is 5.32 Å². The number of nitrogens with zero attached hydrogens (tertiary/aromatic N) is 3. The van der Waals surface area contributed by atoms with Crippen LogP contribution in [0.15, 0.2) is 42.7 Å². The summed E-state index contributed by atoms with van der Waals surface area (Å²) in [7, 11) is 0. The monoisotopic (exact) mass is 286 g/mol. The number of nitro groups is 1. The molecule has 0 bridgehead atoms. The zero-order valence-electron chi connectivity index (χ0n) is 10.3. The van der Waals surface area contributed by atoms with Crippen molar-refractivity contribution < 1.29 is 4.92 Å². The standard InChI is InChI=1S/C13H10N4O2S/c18-17(19)10-3-4-11-12(6-10)20-13(16-11)15-8-9-2-1-5-14-7-9/h1-7H,8H2,(H,15,16). The molecule has 3 aromatic rings. The summed E-state index contributed by atoms with van der Waals surface area (Å²) < 4.78 is 0.799. The highest BCUT2D eigenvalue weighted by molar-refractivity contribution is 7.22. The molecule has 20 heavy (non-hydrogen) atoms. The van der Waals surface area contributed by atoms with Crippen LogP contribution in [0.4, 0.5) is 10.8 Å². The number of anilines is 1.